The zero-order chi connectivity index (χ0) is 17.1. The highest BCUT2D eigenvalue weighted by atomic mass is 14.6. The maximum Gasteiger partial charge on any atom is 0.0400 e. The first-order chi connectivity index (χ1) is 12.3. The fraction of sp³-hybridized carbons (Fsp3) is 0. The second-order valence-electron chi connectivity index (χ2n) is 6.08. The first-order valence-corrected chi connectivity index (χ1v) is 8.43. The van der Waals surface area contributed by atoms with Gasteiger partial charge in [0.05, 0.1) is 0 Å². The average molecular weight is 321 g/mol. The van der Waals surface area contributed by atoms with Crippen LogP contribution in [0.4, 0.5) is 5.69 Å². The number of benzene rings is 4. The predicted octanol–water partition coefficient (Wildman–Crippen LogP) is 6.27. The van der Waals surface area contributed by atoms with Crippen molar-refractivity contribution >= 4 is 5.69 Å². The van der Waals surface area contributed by atoms with Crippen LogP contribution < -0.4 is 5.73 Å². The van der Waals surface area contributed by atoms with Crippen LogP contribution in [0.15, 0.2) is 103 Å². The summed E-state index contributed by atoms with van der Waals surface area (Å²) in [5.41, 5.74) is 14.1. The average Bonchev–Trinajstić information content (AvgIpc) is 2.69. The lowest BCUT2D eigenvalue weighted by Gasteiger charge is -2.14. The molecule has 0 aliphatic carbocycles. The molecule has 120 valence electrons. The quantitative estimate of drug-likeness (QED) is 0.442. The molecule has 4 aromatic carbocycles. The number of anilines is 1. The van der Waals surface area contributed by atoms with E-state index in [9.17, 15) is 0 Å². The van der Waals surface area contributed by atoms with E-state index in [1.165, 1.54) is 16.7 Å². The van der Waals surface area contributed by atoms with Crippen LogP contribution in [0.3, 0.4) is 0 Å². The smallest absolute Gasteiger partial charge is 0.0400 e. The Morgan fingerprint density at radius 1 is 0.400 bits per heavy atom. The van der Waals surface area contributed by atoms with Gasteiger partial charge in [0, 0.05) is 11.3 Å². The third-order valence-electron chi connectivity index (χ3n) is 4.46. The highest BCUT2D eigenvalue weighted by Gasteiger charge is 2.10. The molecule has 0 amide bonds. The maximum absolute atomic E-state index is 6.34. The molecule has 4 aromatic rings. The third kappa shape index (κ3) is 3.05. The number of hydrogen-bond donors (Lipinski definition) is 1. The molecule has 0 fully saturated rings. The number of rotatable bonds is 3. The fourth-order valence-corrected chi connectivity index (χ4v) is 3.21. The van der Waals surface area contributed by atoms with Crippen LogP contribution in [-0.4, -0.2) is 0 Å². The van der Waals surface area contributed by atoms with Gasteiger partial charge in [-0.1, -0.05) is 97.1 Å². The highest BCUT2D eigenvalue weighted by molar-refractivity contribution is 5.91. The highest BCUT2D eigenvalue weighted by Crippen LogP contribution is 2.37. The van der Waals surface area contributed by atoms with E-state index in [4.69, 9.17) is 5.73 Å². The van der Waals surface area contributed by atoms with E-state index in [1.807, 2.05) is 24.3 Å². The molecule has 0 bridgehead atoms. The summed E-state index contributed by atoms with van der Waals surface area (Å²) < 4.78 is 0. The Balaban J connectivity index is 1.80. The number of nitrogen functional groups attached to an aromatic ring is 1. The van der Waals surface area contributed by atoms with Crippen molar-refractivity contribution in [1.29, 1.82) is 0 Å². The molecule has 25 heavy (non-hydrogen) atoms. The van der Waals surface area contributed by atoms with Crippen molar-refractivity contribution in [2.24, 2.45) is 0 Å². The molecule has 0 saturated carbocycles. The topological polar surface area (TPSA) is 26.0 Å². The monoisotopic (exact) mass is 321 g/mol. The van der Waals surface area contributed by atoms with Crippen LogP contribution in [-0.2, 0) is 0 Å². The summed E-state index contributed by atoms with van der Waals surface area (Å²) in [5, 5.41) is 0. The molecule has 0 unspecified atom stereocenters. The van der Waals surface area contributed by atoms with Crippen molar-refractivity contribution in [2.45, 2.75) is 0 Å². The molecule has 0 heterocycles. The summed E-state index contributed by atoms with van der Waals surface area (Å²) in [6, 6.07) is 35.5. The Bertz CT molecular complexity index is 971. The molecule has 0 aliphatic heterocycles. The molecule has 0 aromatic heterocycles. The van der Waals surface area contributed by atoms with Gasteiger partial charge in [-0.15, -0.1) is 0 Å². The summed E-state index contributed by atoms with van der Waals surface area (Å²) >= 11 is 0. The van der Waals surface area contributed by atoms with Crippen molar-refractivity contribution in [2.75, 3.05) is 5.73 Å². The summed E-state index contributed by atoms with van der Waals surface area (Å²) in [6.45, 7) is 0. The Labute approximate surface area is 148 Å². The first kappa shape index (κ1) is 15.2. The van der Waals surface area contributed by atoms with Gasteiger partial charge in [-0.2, -0.15) is 0 Å². The van der Waals surface area contributed by atoms with Gasteiger partial charge in [0.1, 0.15) is 0 Å². The Hall–Kier alpha value is -3.32. The minimum absolute atomic E-state index is 0.800. The van der Waals surface area contributed by atoms with Gasteiger partial charge < -0.3 is 5.73 Å². The minimum Gasteiger partial charge on any atom is -0.398 e. The zero-order valence-corrected chi connectivity index (χ0v) is 13.9. The lowest BCUT2D eigenvalue weighted by molar-refractivity contribution is 1.56. The molecule has 0 aliphatic rings. The van der Waals surface area contributed by atoms with Crippen molar-refractivity contribution < 1.29 is 0 Å². The van der Waals surface area contributed by atoms with Crippen LogP contribution in [0.1, 0.15) is 0 Å². The van der Waals surface area contributed by atoms with Gasteiger partial charge in [0.25, 0.3) is 0 Å². The van der Waals surface area contributed by atoms with Crippen LogP contribution in [0.5, 0.6) is 0 Å². The summed E-state index contributed by atoms with van der Waals surface area (Å²) in [6.07, 6.45) is 0. The summed E-state index contributed by atoms with van der Waals surface area (Å²) in [4.78, 5) is 0. The van der Waals surface area contributed by atoms with E-state index >= 15 is 0 Å². The van der Waals surface area contributed by atoms with Crippen LogP contribution in [0, 0.1) is 0 Å². The van der Waals surface area contributed by atoms with Gasteiger partial charge in [-0.3, -0.25) is 0 Å². The molecule has 1 nitrogen and oxygen atoms in total. The van der Waals surface area contributed by atoms with Gasteiger partial charge in [0.15, 0.2) is 0 Å². The molecule has 0 radical (unpaired) electrons. The van der Waals surface area contributed by atoms with E-state index in [-0.39, 0.29) is 0 Å². The SMILES string of the molecule is Nc1cccc(-c2ccccc2)c1-c1ccc(-c2ccccc2)cc1. The molecule has 1 heteroatoms. The van der Waals surface area contributed by atoms with Crippen molar-refractivity contribution in [3.63, 3.8) is 0 Å². The van der Waals surface area contributed by atoms with Gasteiger partial charge >= 0.3 is 0 Å². The molecular weight excluding hydrogens is 302 g/mol. The standard InChI is InChI=1S/C24H19N/c25-23-13-7-12-22(20-10-5-2-6-11-20)24(23)21-16-14-19(15-17-21)18-8-3-1-4-9-18/h1-17H,25H2. The van der Waals surface area contributed by atoms with Gasteiger partial charge in [0.2, 0.25) is 0 Å². The normalized spacial score (nSPS) is 10.6. The Kier molecular flexibility index (Phi) is 4.05. The Morgan fingerprint density at radius 2 is 0.920 bits per heavy atom. The zero-order valence-electron chi connectivity index (χ0n) is 13.9. The van der Waals surface area contributed by atoms with Crippen molar-refractivity contribution in [3.8, 4) is 33.4 Å². The summed E-state index contributed by atoms with van der Waals surface area (Å²) in [7, 11) is 0. The summed E-state index contributed by atoms with van der Waals surface area (Å²) in [5.74, 6) is 0. The van der Waals surface area contributed by atoms with Crippen LogP contribution in [0.2, 0.25) is 0 Å². The third-order valence-corrected chi connectivity index (χ3v) is 4.46. The van der Waals surface area contributed by atoms with Gasteiger partial charge in [-0.25, -0.2) is 0 Å². The maximum atomic E-state index is 6.34. The number of nitrogens with two attached hydrogens (primary N) is 1. The molecule has 0 atom stereocenters. The largest absolute Gasteiger partial charge is 0.398 e. The van der Waals surface area contributed by atoms with E-state index in [2.05, 4.69) is 78.9 Å². The molecular formula is C24H19N. The second-order valence-corrected chi connectivity index (χ2v) is 6.08. The molecule has 0 spiro atoms. The predicted molar refractivity (Wildman–Crippen MR) is 107 cm³/mol. The first-order valence-electron chi connectivity index (χ1n) is 8.43. The minimum atomic E-state index is 0.800. The van der Waals surface area contributed by atoms with Crippen LogP contribution >= 0.6 is 0 Å². The molecule has 4 rings (SSSR count). The van der Waals surface area contributed by atoms with Crippen molar-refractivity contribution in [3.05, 3.63) is 103 Å². The molecule has 0 saturated heterocycles. The fourth-order valence-electron chi connectivity index (χ4n) is 3.21. The lowest BCUT2D eigenvalue weighted by atomic mass is 9.92. The van der Waals surface area contributed by atoms with Crippen LogP contribution in [0.25, 0.3) is 33.4 Å². The van der Waals surface area contributed by atoms with Gasteiger partial charge in [-0.05, 0) is 33.9 Å². The Morgan fingerprint density at radius 3 is 1.56 bits per heavy atom. The van der Waals surface area contributed by atoms with E-state index in [0.717, 1.165) is 22.4 Å². The second kappa shape index (κ2) is 6.66. The van der Waals surface area contributed by atoms with E-state index in [0.29, 0.717) is 0 Å². The van der Waals surface area contributed by atoms with E-state index < -0.39 is 0 Å². The number of hydrogen-bond acceptors (Lipinski definition) is 1. The van der Waals surface area contributed by atoms with Crippen molar-refractivity contribution in [1.82, 2.24) is 0 Å². The van der Waals surface area contributed by atoms with E-state index in [1.54, 1.807) is 0 Å². The molecule has 2 N–H and O–H groups in total. The lowest BCUT2D eigenvalue weighted by Crippen LogP contribution is -1.93.